The van der Waals surface area contributed by atoms with Crippen LogP contribution in [0.25, 0.3) is 0 Å². The zero-order valence-corrected chi connectivity index (χ0v) is 10.2. The van der Waals surface area contributed by atoms with Gasteiger partial charge in [-0.1, -0.05) is 31.4 Å². The molecule has 0 unspecified atom stereocenters. The van der Waals surface area contributed by atoms with Crippen molar-refractivity contribution in [2.75, 3.05) is 13.9 Å². The van der Waals surface area contributed by atoms with Crippen molar-refractivity contribution in [3.63, 3.8) is 0 Å². The van der Waals surface area contributed by atoms with Crippen LogP contribution in [0.5, 0.6) is 5.75 Å². The van der Waals surface area contributed by atoms with Crippen LogP contribution in [0.15, 0.2) is 18.2 Å². The summed E-state index contributed by atoms with van der Waals surface area (Å²) in [6.45, 7) is 0.0979. The molecule has 1 fully saturated rings. The predicted octanol–water partition coefficient (Wildman–Crippen LogP) is 3.86. The highest BCUT2D eigenvalue weighted by Crippen LogP contribution is 2.38. The maximum atomic E-state index is 13.7. The number of rotatable bonds is 4. The van der Waals surface area contributed by atoms with Crippen molar-refractivity contribution in [1.29, 1.82) is 0 Å². The predicted molar refractivity (Wildman–Crippen MR) is 64.7 cm³/mol. The number of halogens is 1. The minimum absolute atomic E-state index is 0.0979. The average Bonchev–Trinajstić information content (AvgIpc) is 2.38. The van der Waals surface area contributed by atoms with Gasteiger partial charge < -0.3 is 9.47 Å². The van der Waals surface area contributed by atoms with Crippen LogP contribution in [0, 0.1) is 5.82 Å². The van der Waals surface area contributed by atoms with Crippen LogP contribution < -0.4 is 4.74 Å². The van der Waals surface area contributed by atoms with Gasteiger partial charge in [-0.05, 0) is 24.8 Å². The van der Waals surface area contributed by atoms with Crippen LogP contribution in [0.4, 0.5) is 4.39 Å². The van der Waals surface area contributed by atoms with E-state index >= 15 is 0 Å². The van der Waals surface area contributed by atoms with Crippen molar-refractivity contribution in [3.8, 4) is 5.75 Å². The second kappa shape index (κ2) is 6.01. The molecule has 0 amide bonds. The lowest BCUT2D eigenvalue weighted by Crippen LogP contribution is -2.09. The Hall–Kier alpha value is -1.09. The lowest BCUT2D eigenvalue weighted by molar-refractivity contribution is 0.0471. The van der Waals surface area contributed by atoms with E-state index in [1.54, 1.807) is 13.2 Å². The Morgan fingerprint density at radius 3 is 2.71 bits per heavy atom. The molecule has 94 valence electrons. The second-order valence-corrected chi connectivity index (χ2v) is 4.54. The molecule has 1 aromatic rings. The first kappa shape index (κ1) is 12.4. The third kappa shape index (κ3) is 2.97. The maximum absolute atomic E-state index is 13.7. The summed E-state index contributed by atoms with van der Waals surface area (Å²) in [5.74, 6) is 0.526. The van der Waals surface area contributed by atoms with Crippen LogP contribution in [0.2, 0.25) is 0 Å². The molecule has 1 saturated carbocycles. The largest absolute Gasteiger partial charge is 0.464 e. The van der Waals surface area contributed by atoms with Crippen molar-refractivity contribution in [1.82, 2.24) is 0 Å². The van der Waals surface area contributed by atoms with E-state index in [0.29, 0.717) is 11.7 Å². The normalized spacial score (nSPS) is 17.1. The number of benzene rings is 1. The van der Waals surface area contributed by atoms with Crippen molar-refractivity contribution < 1.29 is 13.9 Å². The molecule has 1 aromatic carbocycles. The molecular weight excluding hydrogens is 219 g/mol. The molecule has 0 N–H and O–H groups in total. The molecule has 0 atom stereocenters. The summed E-state index contributed by atoms with van der Waals surface area (Å²) in [6, 6.07) is 5.18. The molecule has 0 saturated heterocycles. The molecule has 0 spiro atoms. The van der Waals surface area contributed by atoms with Gasteiger partial charge in [0.1, 0.15) is 0 Å². The Kier molecular flexibility index (Phi) is 4.37. The van der Waals surface area contributed by atoms with Crippen LogP contribution >= 0.6 is 0 Å². The first-order chi connectivity index (χ1) is 8.33. The lowest BCUT2D eigenvalue weighted by atomic mass is 9.83. The minimum atomic E-state index is -0.287. The monoisotopic (exact) mass is 238 g/mol. The fourth-order valence-corrected chi connectivity index (χ4v) is 2.53. The average molecular weight is 238 g/mol. The van der Waals surface area contributed by atoms with E-state index in [4.69, 9.17) is 9.47 Å². The van der Waals surface area contributed by atoms with Crippen LogP contribution in [-0.2, 0) is 4.74 Å². The zero-order chi connectivity index (χ0) is 12.1. The van der Waals surface area contributed by atoms with E-state index < -0.39 is 0 Å². The first-order valence-electron chi connectivity index (χ1n) is 6.23. The van der Waals surface area contributed by atoms with Gasteiger partial charge in [0.05, 0.1) is 0 Å². The third-order valence-corrected chi connectivity index (χ3v) is 3.36. The summed E-state index contributed by atoms with van der Waals surface area (Å²) in [7, 11) is 1.54. The van der Waals surface area contributed by atoms with Crippen molar-refractivity contribution in [2.24, 2.45) is 0 Å². The topological polar surface area (TPSA) is 18.5 Å². The Bertz CT molecular complexity index is 359. The van der Waals surface area contributed by atoms with Crippen LogP contribution in [-0.4, -0.2) is 13.9 Å². The quantitative estimate of drug-likeness (QED) is 0.742. The Balaban J connectivity index is 2.21. The Labute approximate surface area is 102 Å². The number of hydrogen-bond donors (Lipinski definition) is 0. The highest BCUT2D eigenvalue weighted by molar-refractivity contribution is 5.37. The van der Waals surface area contributed by atoms with Gasteiger partial charge >= 0.3 is 0 Å². The highest BCUT2D eigenvalue weighted by Gasteiger charge is 2.21. The van der Waals surface area contributed by atoms with Crippen LogP contribution in [0.1, 0.15) is 43.6 Å². The van der Waals surface area contributed by atoms with E-state index in [1.807, 2.05) is 6.07 Å². The van der Waals surface area contributed by atoms with E-state index in [2.05, 4.69) is 0 Å². The molecule has 3 heteroatoms. The van der Waals surface area contributed by atoms with Gasteiger partial charge in [0.2, 0.25) is 0 Å². The number of ether oxygens (including phenoxy) is 2. The Morgan fingerprint density at radius 2 is 2.00 bits per heavy atom. The highest BCUT2D eigenvalue weighted by atomic mass is 19.1. The van der Waals surface area contributed by atoms with Gasteiger partial charge in [-0.3, -0.25) is 0 Å². The summed E-state index contributed by atoms with van der Waals surface area (Å²) in [4.78, 5) is 0. The summed E-state index contributed by atoms with van der Waals surface area (Å²) in [6.07, 6.45) is 6.01. The van der Waals surface area contributed by atoms with Crippen molar-refractivity contribution in [2.45, 2.75) is 38.0 Å². The molecule has 0 bridgehead atoms. The smallest absolute Gasteiger partial charge is 0.188 e. The standard InChI is InChI=1S/C14H19FO2/c1-16-10-17-14-12(8-5-9-13(14)15)11-6-3-2-4-7-11/h5,8-9,11H,2-4,6-7,10H2,1H3. The van der Waals surface area contributed by atoms with Gasteiger partial charge in [0, 0.05) is 12.7 Å². The molecule has 0 heterocycles. The fraction of sp³-hybridized carbons (Fsp3) is 0.571. The summed E-state index contributed by atoms with van der Waals surface area (Å²) >= 11 is 0. The molecule has 2 rings (SSSR count). The maximum Gasteiger partial charge on any atom is 0.188 e. The Morgan fingerprint density at radius 1 is 1.24 bits per heavy atom. The van der Waals surface area contributed by atoms with E-state index in [1.165, 1.54) is 25.3 Å². The summed E-state index contributed by atoms with van der Waals surface area (Å²) in [5, 5.41) is 0. The van der Waals surface area contributed by atoms with Crippen molar-refractivity contribution >= 4 is 0 Å². The summed E-state index contributed by atoms with van der Waals surface area (Å²) < 4.78 is 24.0. The minimum Gasteiger partial charge on any atom is -0.464 e. The van der Waals surface area contributed by atoms with E-state index in [0.717, 1.165) is 18.4 Å². The first-order valence-corrected chi connectivity index (χ1v) is 6.23. The summed E-state index contributed by atoms with van der Waals surface area (Å²) in [5.41, 5.74) is 1.00. The van der Waals surface area contributed by atoms with Gasteiger partial charge in [-0.15, -0.1) is 0 Å². The number of para-hydroxylation sites is 1. The molecule has 2 nitrogen and oxygen atoms in total. The van der Waals surface area contributed by atoms with Gasteiger partial charge in [-0.2, -0.15) is 0 Å². The van der Waals surface area contributed by atoms with Gasteiger partial charge in [0.15, 0.2) is 18.4 Å². The van der Waals surface area contributed by atoms with E-state index in [9.17, 15) is 4.39 Å². The van der Waals surface area contributed by atoms with Gasteiger partial charge in [-0.25, -0.2) is 4.39 Å². The molecule has 0 radical (unpaired) electrons. The van der Waals surface area contributed by atoms with Crippen LogP contribution in [0.3, 0.4) is 0 Å². The molecule has 17 heavy (non-hydrogen) atoms. The van der Waals surface area contributed by atoms with Gasteiger partial charge in [0.25, 0.3) is 0 Å². The van der Waals surface area contributed by atoms with Crippen molar-refractivity contribution in [3.05, 3.63) is 29.6 Å². The number of hydrogen-bond acceptors (Lipinski definition) is 2. The molecule has 1 aliphatic rings. The fourth-order valence-electron chi connectivity index (χ4n) is 2.53. The van der Waals surface area contributed by atoms with E-state index in [-0.39, 0.29) is 12.6 Å². The molecular formula is C14H19FO2. The SMILES string of the molecule is COCOc1c(F)cccc1C1CCCCC1. The second-order valence-electron chi connectivity index (χ2n) is 4.54. The zero-order valence-electron chi connectivity index (χ0n) is 10.2. The third-order valence-electron chi connectivity index (χ3n) is 3.36. The number of methoxy groups -OCH3 is 1. The molecule has 0 aromatic heterocycles. The molecule has 1 aliphatic carbocycles. The lowest BCUT2D eigenvalue weighted by Gasteiger charge is -2.24. The molecule has 0 aliphatic heterocycles.